The maximum atomic E-state index is 13.3. The van der Waals surface area contributed by atoms with Crippen molar-refractivity contribution in [1.82, 2.24) is 10.3 Å². The van der Waals surface area contributed by atoms with Crippen LogP contribution in [0.3, 0.4) is 0 Å². The van der Waals surface area contributed by atoms with Gasteiger partial charge in [-0.25, -0.2) is 8.78 Å². The lowest BCUT2D eigenvalue weighted by Gasteiger charge is -2.05. The summed E-state index contributed by atoms with van der Waals surface area (Å²) in [5.41, 5.74) is 2.60. The van der Waals surface area contributed by atoms with Crippen LogP contribution in [0.1, 0.15) is 11.1 Å². The van der Waals surface area contributed by atoms with Gasteiger partial charge in [-0.05, 0) is 47.9 Å². The van der Waals surface area contributed by atoms with Crippen LogP contribution < -0.4 is 5.32 Å². The normalized spacial score (nSPS) is 10.9. The third-order valence-electron chi connectivity index (χ3n) is 3.72. The number of fused-ring (bicyclic) bond motifs is 1. The van der Waals surface area contributed by atoms with Crippen molar-refractivity contribution in [3.63, 3.8) is 0 Å². The summed E-state index contributed by atoms with van der Waals surface area (Å²) in [6.45, 7) is 0.462. The minimum atomic E-state index is -0.319. The topological polar surface area (TPSA) is 44.9 Å². The van der Waals surface area contributed by atoms with Crippen molar-refractivity contribution in [2.75, 3.05) is 6.54 Å². The van der Waals surface area contributed by atoms with E-state index in [2.05, 4.69) is 10.3 Å². The monoisotopic (exact) mass is 314 g/mol. The van der Waals surface area contributed by atoms with Crippen molar-refractivity contribution in [3.8, 4) is 0 Å². The van der Waals surface area contributed by atoms with E-state index in [0.29, 0.717) is 13.0 Å². The van der Waals surface area contributed by atoms with Crippen molar-refractivity contribution >= 4 is 16.8 Å². The third kappa shape index (κ3) is 3.74. The van der Waals surface area contributed by atoms with Crippen LogP contribution in [0.4, 0.5) is 8.78 Å². The van der Waals surface area contributed by atoms with Crippen LogP contribution in [0, 0.1) is 11.6 Å². The summed E-state index contributed by atoms with van der Waals surface area (Å²) in [5.74, 6) is -0.720. The van der Waals surface area contributed by atoms with Crippen molar-refractivity contribution < 1.29 is 13.6 Å². The lowest BCUT2D eigenvalue weighted by atomic mass is 10.1. The molecular weight excluding hydrogens is 298 g/mol. The maximum Gasteiger partial charge on any atom is 0.224 e. The quantitative estimate of drug-likeness (QED) is 0.745. The molecule has 1 amide bonds. The molecule has 0 saturated heterocycles. The molecule has 0 spiro atoms. The number of carbonyl (C=O) groups is 1. The number of nitrogens with one attached hydrogen (secondary N) is 2. The second kappa shape index (κ2) is 6.60. The van der Waals surface area contributed by atoms with E-state index in [9.17, 15) is 13.6 Å². The van der Waals surface area contributed by atoms with E-state index in [1.807, 2.05) is 6.20 Å². The van der Waals surface area contributed by atoms with Crippen LogP contribution >= 0.6 is 0 Å². The molecule has 0 aliphatic rings. The highest BCUT2D eigenvalue weighted by Gasteiger charge is 2.07. The molecule has 1 aromatic heterocycles. The Hall–Kier alpha value is -2.69. The lowest BCUT2D eigenvalue weighted by Crippen LogP contribution is -2.27. The second-order valence-corrected chi connectivity index (χ2v) is 5.41. The smallest absolute Gasteiger partial charge is 0.224 e. The Morgan fingerprint density at radius 1 is 1.04 bits per heavy atom. The molecule has 2 aromatic carbocycles. The van der Waals surface area contributed by atoms with Gasteiger partial charge in [-0.15, -0.1) is 0 Å². The minimum absolute atomic E-state index is 0.123. The van der Waals surface area contributed by atoms with Gasteiger partial charge in [0.2, 0.25) is 5.91 Å². The summed E-state index contributed by atoms with van der Waals surface area (Å²) in [5, 5.41) is 3.65. The molecule has 0 aliphatic heterocycles. The Balaban J connectivity index is 1.55. The van der Waals surface area contributed by atoms with E-state index >= 15 is 0 Å². The SMILES string of the molecule is O=C(Cc1ccc(F)cc1)NCCc1c[nH]c2ccc(F)cc12. The van der Waals surface area contributed by atoms with Gasteiger partial charge >= 0.3 is 0 Å². The molecule has 0 unspecified atom stereocenters. The largest absolute Gasteiger partial charge is 0.361 e. The van der Waals surface area contributed by atoms with Gasteiger partial charge in [-0.2, -0.15) is 0 Å². The zero-order valence-corrected chi connectivity index (χ0v) is 12.4. The first-order valence-corrected chi connectivity index (χ1v) is 7.38. The van der Waals surface area contributed by atoms with Gasteiger partial charge in [0, 0.05) is 23.6 Å². The molecule has 118 valence electrons. The van der Waals surface area contributed by atoms with Crippen LogP contribution in [-0.2, 0) is 17.6 Å². The number of aromatic nitrogens is 1. The maximum absolute atomic E-state index is 13.3. The number of H-pyrrole nitrogens is 1. The Labute approximate surface area is 132 Å². The molecule has 5 heteroatoms. The Kier molecular flexibility index (Phi) is 4.37. The molecule has 0 aliphatic carbocycles. The van der Waals surface area contributed by atoms with E-state index in [-0.39, 0.29) is 24.0 Å². The van der Waals surface area contributed by atoms with E-state index in [1.165, 1.54) is 24.3 Å². The van der Waals surface area contributed by atoms with E-state index in [4.69, 9.17) is 0 Å². The number of hydrogen-bond donors (Lipinski definition) is 2. The van der Waals surface area contributed by atoms with Gasteiger partial charge in [0.1, 0.15) is 11.6 Å². The molecular formula is C18H16F2N2O. The summed E-state index contributed by atoms with van der Waals surface area (Å²) in [4.78, 5) is 15.0. The van der Waals surface area contributed by atoms with E-state index < -0.39 is 0 Å². The number of amides is 1. The predicted molar refractivity (Wildman–Crippen MR) is 85.1 cm³/mol. The number of benzene rings is 2. The fourth-order valence-electron chi connectivity index (χ4n) is 2.54. The van der Waals surface area contributed by atoms with E-state index in [1.54, 1.807) is 18.2 Å². The first-order valence-electron chi connectivity index (χ1n) is 7.38. The number of rotatable bonds is 5. The second-order valence-electron chi connectivity index (χ2n) is 5.41. The molecule has 2 N–H and O–H groups in total. The standard InChI is InChI=1S/C18H16F2N2O/c19-14-3-1-12(2-4-14)9-18(23)21-8-7-13-11-22-17-6-5-15(20)10-16(13)17/h1-6,10-11,22H,7-9H2,(H,21,23). The lowest BCUT2D eigenvalue weighted by molar-refractivity contribution is -0.120. The Bertz CT molecular complexity index is 825. The van der Waals surface area contributed by atoms with Crippen molar-refractivity contribution in [2.24, 2.45) is 0 Å². The highest BCUT2D eigenvalue weighted by Crippen LogP contribution is 2.19. The summed E-state index contributed by atoms with van der Waals surface area (Å²) in [7, 11) is 0. The molecule has 0 saturated carbocycles. The van der Waals surface area contributed by atoms with Gasteiger partial charge in [0.05, 0.1) is 6.42 Å². The van der Waals surface area contributed by atoms with Crippen molar-refractivity contribution in [3.05, 3.63) is 71.4 Å². The average molecular weight is 314 g/mol. The Morgan fingerprint density at radius 2 is 1.78 bits per heavy atom. The molecule has 0 fully saturated rings. The number of halogens is 2. The molecule has 0 bridgehead atoms. The van der Waals surface area contributed by atoms with Crippen LogP contribution in [0.25, 0.3) is 10.9 Å². The third-order valence-corrected chi connectivity index (χ3v) is 3.72. The molecule has 3 nitrogen and oxygen atoms in total. The zero-order valence-electron chi connectivity index (χ0n) is 12.4. The zero-order chi connectivity index (χ0) is 16.2. The highest BCUT2D eigenvalue weighted by molar-refractivity contribution is 5.83. The average Bonchev–Trinajstić information content (AvgIpc) is 2.92. The van der Waals surface area contributed by atoms with Gasteiger partial charge in [0.25, 0.3) is 0 Å². The fraction of sp³-hybridized carbons (Fsp3) is 0.167. The number of hydrogen-bond acceptors (Lipinski definition) is 1. The highest BCUT2D eigenvalue weighted by atomic mass is 19.1. The van der Waals surface area contributed by atoms with Gasteiger partial charge < -0.3 is 10.3 Å². The minimum Gasteiger partial charge on any atom is -0.361 e. The van der Waals surface area contributed by atoms with Crippen LogP contribution in [0.2, 0.25) is 0 Å². The molecule has 0 atom stereocenters. The van der Waals surface area contributed by atoms with Gasteiger partial charge in [-0.3, -0.25) is 4.79 Å². The molecule has 23 heavy (non-hydrogen) atoms. The molecule has 1 heterocycles. The summed E-state index contributed by atoms with van der Waals surface area (Å²) in [6.07, 6.45) is 2.65. The molecule has 3 rings (SSSR count). The summed E-state index contributed by atoms with van der Waals surface area (Å²) < 4.78 is 26.1. The number of aromatic amines is 1. The van der Waals surface area contributed by atoms with E-state index in [0.717, 1.165) is 22.0 Å². The van der Waals surface area contributed by atoms with Gasteiger partial charge in [0.15, 0.2) is 0 Å². The number of carbonyl (C=O) groups excluding carboxylic acids is 1. The molecule has 0 radical (unpaired) electrons. The fourth-order valence-corrected chi connectivity index (χ4v) is 2.54. The van der Waals surface area contributed by atoms with Crippen molar-refractivity contribution in [1.29, 1.82) is 0 Å². The van der Waals surface area contributed by atoms with Crippen LogP contribution in [-0.4, -0.2) is 17.4 Å². The first-order chi connectivity index (χ1) is 11.1. The first kappa shape index (κ1) is 15.2. The van der Waals surface area contributed by atoms with Crippen LogP contribution in [0.15, 0.2) is 48.7 Å². The van der Waals surface area contributed by atoms with Crippen molar-refractivity contribution in [2.45, 2.75) is 12.8 Å². The predicted octanol–water partition coefficient (Wildman–Crippen LogP) is 3.35. The van der Waals surface area contributed by atoms with Crippen LogP contribution in [0.5, 0.6) is 0 Å². The molecule has 3 aromatic rings. The summed E-state index contributed by atoms with van der Waals surface area (Å²) in [6, 6.07) is 10.5. The Morgan fingerprint density at radius 3 is 2.57 bits per heavy atom. The van der Waals surface area contributed by atoms with Gasteiger partial charge in [-0.1, -0.05) is 12.1 Å². The summed E-state index contributed by atoms with van der Waals surface area (Å²) >= 11 is 0.